The molecule has 0 spiro atoms. The summed E-state index contributed by atoms with van der Waals surface area (Å²) in [4.78, 5) is 15.6. The second-order valence-electron chi connectivity index (χ2n) is 7.20. The second kappa shape index (κ2) is 9.13. The first-order valence-corrected chi connectivity index (χ1v) is 12.2. The number of piperazine rings is 1. The Balaban J connectivity index is 1.35. The van der Waals surface area contributed by atoms with E-state index >= 15 is 0 Å². The molecule has 0 bridgehead atoms. The number of aromatic nitrogens is 2. The molecule has 1 N–H and O–H groups in total. The van der Waals surface area contributed by atoms with Crippen molar-refractivity contribution in [3.63, 3.8) is 0 Å². The summed E-state index contributed by atoms with van der Waals surface area (Å²) < 4.78 is 27.4. The van der Waals surface area contributed by atoms with Gasteiger partial charge < -0.3 is 10.2 Å². The van der Waals surface area contributed by atoms with Crippen molar-refractivity contribution in [3.05, 3.63) is 70.0 Å². The Bertz CT molecular complexity index is 1140. The maximum absolute atomic E-state index is 13.0. The molecule has 2 aromatic heterocycles. The zero-order chi connectivity index (χ0) is 21.8. The number of benzene rings is 1. The number of hydrogen-bond donors (Lipinski definition) is 1. The molecule has 8 nitrogen and oxygen atoms in total. The van der Waals surface area contributed by atoms with E-state index in [1.807, 2.05) is 28.5 Å². The van der Waals surface area contributed by atoms with Gasteiger partial charge in [-0.25, -0.2) is 8.42 Å². The molecule has 162 valence electrons. The fraction of sp³-hybridized carbons (Fsp3) is 0.286. The van der Waals surface area contributed by atoms with Crippen LogP contribution in [0.25, 0.3) is 0 Å². The number of nitrogens with zero attached hydrogens (tertiary/aromatic N) is 4. The summed E-state index contributed by atoms with van der Waals surface area (Å²) in [5.74, 6) is 0.351. The second-order valence-corrected chi connectivity index (χ2v) is 10.1. The highest BCUT2D eigenvalue weighted by Crippen LogP contribution is 2.22. The van der Waals surface area contributed by atoms with Crippen LogP contribution in [0.4, 0.5) is 5.82 Å². The number of rotatable bonds is 6. The molecule has 1 fully saturated rings. The van der Waals surface area contributed by atoms with Gasteiger partial charge in [0, 0.05) is 31.1 Å². The van der Waals surface area contributed by atoms with Crippen molar-refractivity contribution in [3.8, 4) is 0 Å². The standard InChI is InChI=1S/C21H23N5O3S2/c1-16-5-2-3-7-19(16)31(28,29)26-12-10-25(11-13-26)20-9-8-18(23-24-20)21(27)22-15-17-6-4-14-30-17/h2-9,14H,10-13,15H2,1H3,(H,22,27). The van der Waals surface area contributed by atoms with Gasteiger partial charge in [0.25, 0.3) is 5.91 Å². The van der Waals surface area contributed by atoms with E-state index in [2.05, 4.69) is 15.5 Å². The fourth-order valence-electron chi connectivity index (χ4n) is 3.43. The van der Waals surface area contributed by atoms with Crippen LogP contribution in [-0.4, -0.2) is 55.0 Å². The summed E-state index contributed by atoms with van der Waals surface area (Å²) in [7, 11) is -3.52. The van der Waals surface area contributed by atoms with E-state index in [0.717, 1.165) is 10.4 Å². The lowest BCUT2D eigenvalue weighted by Gasteiger charge is -2.34. The molecule has 1 saturated heterocycles. The highest BCUT2D eigenvalue weighted by Gasteiger charge is 2.30. The van der Waals surface area contributed by atoms with Crippen molar-refractivity contribution in [2.45, 2.75) is 18.4 Å². The normalized spacial score (nSPS) is 15.1. The number of thiophene rings is 1. The number of nitrogens with one attached hydrogen (secondary N) is 1. The van der Waals surface area contributed by atoms with E-state index < -0.39 is 10.0 Å². The van der Waals surface area contributed by atoms with Crippen molar-refractivity contribution < 1.29 is 13.2 Å². The number of hydrogen-bond acceptors (Lipinski definition) is 7. The van der Waals surface area contributed by atoms with Gasteiger partial charge in [-0.3, -0.25) is 4.79 Å². The third-order valence-electron chi connectivity index (χ3n) is 5.16. The van der Waals surface area contributed by atoms with Crippen molar-refractivity contribution in [1.82, 2.24) is 19.8 Å². The summed E-state index contributed by atoms with van der Waals surface area (Å²) in [5.41, 5.74) is 0.991. The maximum Gasteiger partial charge on any atom is 0.272 e. The van der Waals surface area contributed by atoms with Gasteiger partial charge >= 0.3 is 0 Å². The maximum atomic E-state index is 13.0. The summed E-state index contributed by atoms with van der Waals surface area (Å²) in [6.45, 7) is 3.99. The lowest BCUT2D eigenvalue weighted by atomic mass is 10.2. The largest absolute Gasteiger partial charge is 0.352 e. The minimum atomic E-state index is -3.52. The van der Waals surface area contributed by atoms with Gasteiger partial charge in [0.05, 0.1) is 11.4 Å². The lowest BCUT2D eigenvalue weighted by Crippen LogP contribution is -2.49. The first kappa shape index (κ1) is 21.4. The summed E-state index contributed by atoms with van der Waals surface area (Å²) >= 11 is 1.58. The van der Waals surface area contributed by atoms with E-state index in [1.54, 1.807) is 48.6 Å². The molecule has 1 aromatic carbocycles. The van der Waals surface area contributed by atoms with Crippen molar-refractivity contribution in [2.75, 3.05) is 31.1 Å². The molecule has 0 saturated carbocycles. The first-order chi connectivity index (χ1) is 14.9. The number of carbonyl (C=O) groups is 1. The first-order valence-electron chi connectivity index (χ1n) is 9.90. The average molecular weight is 458 g/mol. The summed E-state index contributed by atoms with van der Waals surface area (Å²) in [5, 5.41) is 13.0. The topological polar surface area (TPSA) is 95.5 Å². The van der Waals surface area contributed by atoms with Gasteiger partial charge in [-0.05, 0) is 42.1 Å². The highest BCUT2D eigenvalue weighted by molar-refractivity contribution is 7.89. The van der Waals surface area contributed by atoms with Crippen LogP contribution in [0.1, 0.15) is 20.9 Å². The quantitative estimate of drug-likeness (QED) is 0.610. The molecule has 1 amide bonds. The van der Waals surface area contributed by atoms with Crippen LogP contribution in [0, 0.1) is 6.92 Å². The third-order valence-corrected chi connectivity index (χ3v) is 8.10. The van der Waals surface area contributed by atoms with E-state index in [9.17, 15) is 13.2 Å². The zero-order valence-corrected chi connectivity index (χ0v) is 18.7. The van der Waals surface area contributed by atoms with Gasteiger partial charge in [-0.1, -0.05) is 24.3 Å². The Kier molecular flexibility index (Phi) is 6.30. The Hall–Kier alpha value is -2.82. The minimum Gasteiger partial charge on any atom is -0.352 e. The number of anilines is 1. The SMILES string of the molecule is Cc1ccccc1S(=O)(=O)N1CCN(c2ccc(C(=O)NCc3cccs3)nn2)CC1. The highest BCUT2D eigenvalue weighted by atomic mass is 32.2. The molecular formula is C21H23N5O3S2. The van der Waals surface area contributed by atoms with Crippen molar-refractivity contribution in [1.29, 1.82) is 0 Å². The van der Waals surface area contributed by atoms with Crippen molar-refractivity contribution >= 4 is 33.1 Å². The molecule has 0 atom stereocenters. The summed E-state index contributed by atoms with van der Waals surface area (Å²) in [6.07, 6.45) is 0. The lowest BCUT2D eigenvalue weighted by molar-refractivity contribution is 0.0945. The number of carbonyl (C=O) groups excluding carboxylic acids is 1. The van der Waals surface area contributed by atoms with Crippen LogP contribution in [0.3, 0.4) is 0 Å². The predicted molar refractivity (Wildman–Crippen MR) is 120 cm³/mol. The van der Waals surface area contributed by atoms with Gasteiger partial charge in [0.1, 0.15) is 0 Å². The monoisotopic (exact) mass is 457 g/mol. The molecule has 1 aliphatic rings. The number of amides is 1. The van der Waals surface area contributed by atoms with Crippen LogP contribution < -0.4 is 10.2 Å². The molecule has 4 rings (SSSR count). The molecule has 3 heterocycles. The van der Waals surface area contributed by atoms with Gasteiger partial charge in [-0.15, -0.1) is 21.5 Å². The van der Waals surface area contributed by atoms with Crippen LogP contribution in [0.2, 0.25) is 0 Å². The average Bonchev–Trinajstić information content (AvgIpc) is 3.32. The van der Waals surface area contributed by atoms with Gasteiger partial charge in [0.2, 0.25) is 10.0 Å². The molecule has 3 aromatic rings. The van der Waals surface area contributed by atoms with E-state index in [0.29, 0.717) is 43.4 Å². The summed E-state index contributed by atoms with van der Waals surface area (Å²) in [6, 6.07) is 14.3. The smallest absolute Gasteiger partial charge is 0.272 e. The van der Waals surface area contributed by atoms with Crippen LogP contribution in [0.15, 0.2) is 58.8 Å². The predicted octanol–water partition coefficient (Wildman–Crippen LogP) is 2.29. The van der Waals surface area contributed by atoms with Gasteiger partial charge in [-0.2, -0.15) is 4.31 Å². The number of sulfonamides is 1. The number of aryl methyl sites for hydroxylation is 1. The zero-order valence-electron chi connectivity index (χ0n) is 17.1. The molecule has 31 heavy (non-hydrogen) atoms. The Morgan fingerprint density at radius 1 is 1.03 bits per heavy atom. The van der Waals surface area contributed by atoms with Gasteiger partial charge in [0.15, 0.2) is 11.5 Å². The fourth-order valence-corrected chi connectivity index (χ4v) is 5.72. The Morgan fingerprint density at radius 3 is 2.45 bits per heavy atom. The van der Waals surface area contributed by atoms with Crippen molar-refractivity contribution in [2.24, 2.45) is 0 Å². The van der Waals surface area contributed by atoms with E-state index in [4.69, 9.17) is 0 Å². The molecule has 10 heteroatoms. The van der Waals surface area contributed by atoms with Crippen LogP contribution in [0.5, 0.6) is 0 Å². The minimum absolute atomic E-state index is 0.251. The van der Waals surface area contributed by atoms with E-state index in [-0.39, 0.29) is 11.6 Å². The third kappa shape index (κ3) is 4.76. The Morgan fingerprint density at radius 2 is 1.81 bits per heavy atom. The molecule has 0 aliphatic carbocycles. The van der Waals surface area contributed by atoms with Crippen LogP contribution in [-0.2, 0) is 16.6 Å². The molecule has 0 radical (unpaired) electrons. The Labute approximate surface area is 185 Å². The van der Waals surface area contributed by atoms with Crippen LogP contribution >= 0.6 is 11.3 Å². The van der Waals surface area contributed by atoms with E-state index in [1.165, 1.54) is 4.31 Å². The molecule has 0 unspecified atom stereocenters. The molecular weight excluding hydrogens is 434 g/mol. The molecule has 1 aliphatic heterocycles.